The van der Waals surface area contributed by atoms with E-state index in [1.807, 2.05) is 38.1 Å². The van der Waals surface area contributed by atoms with Gasteiger partial charge in [0, 0.05) is 23.3 Å². The van der Waals surface area contributed by atoms with E-state index in [1.165, 1.54) is 17.0 Å². The zero-order chi connectivity index (χ0) is 18.1. The van der Waals surface area contributed by atoms with Gasteiger partial charge in [-0.2, -0.15) is 0 Å². The van der Waals surface area contributed by atoms with Crippen molar-refractivity contribution in [3.05, 3.63) is 64.4 Å². The molecule has 1 aliphatic rings. The van der Waals surface area contributed by atoms with E-state index in [0.717, 1.165) is 17.3 Å². The first-order chi connectivity index (χ1) is 11.9. The van der Waals surface area contributed by atoms with Crippen LogP contribution in [0.25, 0.3) is 0 Å². The van der Waals surface area contributed by atoms with Gasteiger partial charge < -0.3 is 9.80 Å². The number of rotatable bonds is 2. The van der Waals surface area contributed by atoms with E-state index in [1.54, 1.807) is 4.90 Å². The number of hydrogen-bond donors (Lipinski definition) is 0. The van der Waals surface area contributed by atoms with Crippen LogP contribution in [-0.2, 0) is 4.79 Å². The molecule has 0 unspecified atom stereocenters. The minimum atomic E-state index is -0.644. The molecule has 1 saturated heterocycles. The second-order valence-corrected chi connectivity index (χ2v) is 6.68. The summed E-state index contributed by atoms with van der Waals surface area (Å²) in [5.41, 5.74) is 1.79. The Labute approximate surface area is 150 Å². The van der Waals surface area contributed by atoms with Crippen LogP contribution in [0.1, 0.15) is 22.8 Å². The molecule has 25 heavy (non-hydrogen) atoms. The van der Waals surface area contributed by atoms with E-state index in [-0.39, 0.29) is 29.1 Å². The third-order valence-electron chi connectivity index (χ3n) is 4.35. The number of hydrogen-bond acceptors (Lipinski definition) is 2. The van der Waals surface area contributed by atoms with Gasteiger partial charge >= 0.3 is 0 Å². The van der Waals surface area contributed by atoms with Crippen molar-refractivity contribution in [1.82, 2.24) is 4.90 Å². The van der Waals surface area contributed by atoms with Crippen LogP contribution in [0.15, 0.2) is 42.5 Å². The highest BCUT2D eigenvalue weighted by Gasteiger charge is 2.34. The molecule has 0 radical (unpaired) electrons. The monoisotopic (exact) mass is 360 g/mol. The third kappa shape index (κ3) is 3.51. The van der Waals surface area contributed by atoms with E-state index >= 15 is 0 Å². The van der Waals surface area contributed by atoms with Crippen molar-refractivity contribution < 1.29 is 14.0 Å². The van der Waals surface area contributed by atoms with Crippen LogP contribution in [0, 0.1) is 12.7 Å². The number of amides is 2. The smallest absolute Gasteiger partial charge is 0.257 e. The Balaban J connectivity index is 1.82. The summed E-state index contributed by atoms with van der Waals surface area (Å²) >= 11 is 5.87. The lowest BCUT2D eigenvalue weighted by atomic mass is 10.1. The first kappa shape index (κ1) is 17.4. The van der Waals surface area contributed by atoms with E-state index in [2.05, 4.69) is 0 Å². The molecule has 1 fully saturated rings. The van der Waals surface area contributed by atoms with Crippen LogP contribution in [-0.4, -0.2) is 35.8 Å². The second kappa shape index (κ2) is 6.84. The predicted molar refractivity (Wildman–Crippen MR) is 95.4 cm³/mol. The highest BCUT2D eigenvalue weighted by Crippen LogP contribution is 2.23. The average molecular weight is 361 g/mol. The molecule has 0 N–H and O–H groups in total. The van der Waals surface area contributed by atoms with Gasteiger partial charge in [-0.3, -0.25) is 9.59 Å². The Morgan fingerprint density at radius 3 is 2.56 bits per heavy atom. The molecule has 1 aliphatic heterocycles. The molecule has 0 spiro atoms. The Morgan fingerprint density at radius 2 is 1.88 bits per heavy atom. The van der Waals surface area contributed by atoms with Gasteiger partial charge in [-0.1, -0.05) is 29.3 Å². The maximum absolute atomic E-state index is 14.0. The summed E-state index contributed by atoms with van der Waals surface area (Å²) in [6, 6.07) is 11.2. The first-order valence-electron chi connectivity index (χ1n) is 8.00. The number of aryl methyl sites for hydroxylation is 1. The number of anilines is 1. The average Bonchev–Trinajstić information content (AvgIpc) is 2.59. The maximum Gasteiger partial charge on any atom is 0.257 e. The Morgan fingerprint density at radius 1 is 1.20 bits per heavy atom. The number of carbonyl (C=O) groups excluding carboxylic acids is 2. The fraction of sp³-hybridized carbons (Fsp3) is 0.263. The van der Waals surface area contributed by atoms with E-state index in [9.17, 15) is 14.0 Å². The van der Waals surface area contributed by atoms with Crippen LogP contribution in [0.3, 0.4) is 0 Å². The van der Waals surface area contributed by atoms with E-state index in [4.69, 9.17) is 11.6 Å². The molecule has 6 heteroatoms. The molecule has 1 heterocycles. The fourth-order valence-electron chi connectivity index (χ4n) is 2.91. The van der Waals surface area contributed by atoms with Crippen LogP contribution in [0.4, 0.5) is 10.1 Å². The van der Waals surface area contributed by atoms with Gasteiger partial charge in [0.05, 0.1) is 5.56 Å². The highest BCUT2D eigenvalue weighted by atomic mass is 35.5. The van der Waals surface area contributed by atoms with Gasteiger partial charge in [-0.25, -0.2) is 4.39 Å². The zero-order valence-electron chi connectivity index (χ0n) is 14.0. The Kier molecular flexibility index (Phi) is 4.77. The van der Waals surface area contributed by atoms with Crippen molar-refractivity contribution in [2.24, 2.45) is 0 Å². The fourth-order valence-corrected chi connectivity index (χ4v) is 3.09. The SMILES string of the molecule is Cc1ccc(N2C[C@@H](C)N(C(=O)c3cc(Cl)ccc3F)CC2=O)cc1. The second-order valence-electron chi connectivity index (χ2n) is 6.25. The topological polar surface area (TPSA) is 40.6 Å². The normalized spacial score (nSPS) is 17.8. The quantitative estimate of drug-likeness (QED) is 0.820. The number of halogens is 2. The number of benzene rings is 2. The van der Waals surface area contributed by atoms with Gasteiger partial charge in [-0.15, -0.1) is 0 Å². The molecule has 0 aliphatic carbocycles. The lowest BCUT2D eigenvalue weighted by molar-refractivity contribution is -0.121. The van der Waals surface area contributed by atoms with Gasteiger partial charge in [0.15, 0.2) is 0 Å². The summed E-state index contributed by atoms with van der Waals surface area (Å²) in [6.45, 7) is 4.08. The summed E-state index contributed by atoms with van der Waals surface area (Å²) in [5.74, 6) is -1.36. The minimum absolute atomic E-state index is 0.0974. The first-order valence-corrected chi connectivity index (χ1v) is 8.37. The van der Waals surface area contributed by atoms with Gasteiger partial charge in [0.25, 0.3) is 5.91 Å². The van der Waals surface area contributed by atoms with Gasteiger partial charge in [0.1, 0.15) is 12.4 Å². The predicted octanol–water partition coefficient (Wildman–Crippen LogP) is 3.67. The number of piperazine rings is 1. The molecule has 1 atom stereocenters. The molecule has 4 nitrogen and oxygen atoms in total. The molecular weight excluding hydrogens is 343 g/mol. The molecule has 0 saturated carbocycles. The molecule has 0 aromatic heterocycles. The van der Waals surface area contributed by atoms with Crippen molar-refractivity contribution in [3.8, 4) is 0 Å². The van der Waals surface area contributed by atoms with Crippen LogP contribution in [0.2, 0.25) is 5.02 Å². The number of carbonyl (C=O) groups is 2. The van der Waals surface area contributed by atoms with Crippen molar-refractivity contribution in [3.63, 3.8) is 0 Å². The Bertz CT molecular complexity index is 823. The molecular formula is C19H18ClFN2O2. The molecule has 2 aromatic rings. The third-order valence-corrected chi connectivity index (χ3v) is 4.59. The summed E-state index contributed by atoms with van der Waals surface area (Å²) in [7, 11) is 0. The summed E-state index contributed by atoms with van der Waals surface area (Å²) in [4.78, 5) is 28.3. The lowest BCUT2D eigenvalue weighted by Gasteiger charge is -2.39. The molecule has 3 rings (SSSR count). The van der Waals surface area contributed by atoms with Gasteiger partial charge in [0.2, 0.25) is 5.91 Å². The van der Waals surface area contributed by atoms with Crippen LogP contribution >= 0.6 is 11.6 Å². The van der Waals surface area contributed by atoms with Crippen molar-refractivity contribution in [2.45, 2.75) is 19.9 Å². The van der Waals surface area contributed by atoms with E-state index < -0.39 is 11.7 Å². The summed E-state index contributed by atoms with van der Waals surface area (Å²) in [6.07, 6.45) is 0. The molecule has 2 aromatic carbocycles. The van der Waals surface area contributed by atoms with Crippen molar-refractivity contribution in [1.29, 1.82) is 0 Å². The molecule has 130 valence electrons. The minimum Gasteiger partial charge on any atom is -0.325 e. The summed E-state index contributed by atoms with van der Waals surface area (Å²) in [5, 5.41) is 0.280. The molecule has 2 amide bonds. The van der Waals surface area contributed by atoms with Crippen LogP contribution < -0.4 is 4.90 Å². The number of nitrogens with zero attached hydrogens (tertiary/aromatic N) is 2. The standard InChI is InChI=1S/C19H18ClFN2O2/c1-12-3-6-15(7-4-12)23-10-13(2)22(11-18(23)24)19(25)16-9-14(20)5-8-17(16)21/h3-9,13H,10-11H2,1-2H3/t13-/m1/s1. The van der Waals surface area contributed by atoms with Crippen LogP contribution in [0.5, 0.6) is 0 Å². The largest absolute Gasteiger partial charge is 0.325 e. The van der Waals surface area contributed by atoms with Gasteiger partial charge in [-0.05, 0) is 44.2 Å². The molecule has 0 bridgehead atoms. The van der Waals surface area contributed by atoms with Crippen molar-refractivity contribution >= 4 is 29.1 Å². The van der Waals surface area contributed by atoms with E-state index in [0.29, 0.717) is 6.54 Å². The summed E-state index contributed by atoms with van der Waals surface area (Å²) < 4.78 is 14.0. The Hall–Kier alpha value is -2.40. The zero-order valence-corrected chi connectivity index (χ0v) is 14.8. The lowest BCUT2D eigenvalue weighted by Crippen LogP contribution is -2.57. The van der Waals surface area contributed by atoms with Crippen molar-refractivity contribution in [2.75, 3.05) is 18.0 Å². The highest BCUT2D eigenvalue weighted by molar-refractivity contribution is 6.31. The maximum atomic E-state index is 14.0.